The van der Waals surface area contributed by atoms with Crippen molar-refractivity contribution in [3.05, 3.63) is 46.5 Å². The van der Waals surface area contributed by atoms with Crippen LogP contribution in [0, 0.1) is 0 Å². The Balaban J connectivity index is 3.26. The van der Waals surface area contributed by atoms with Crippen molar-refractivity contribution in [2.24, 2.45) is 0 Å². The van der Waals surface area contributed by atoms with Crippen molar-refractivity contribution in [2.45, 2.75) is 19.1 Å². The molecule has 1 aromatic carbocycles. The summed E-state index contributed by atoms with van der Waals surface area (Å²) in [5.41, 5.74) is -0.449. The normalized spacial score (nSPS) is 13.5. The monoisotopic (exact) mass is 307 g/mol. The maximum Gasteiger partial charge on any atom is 0.416 e. The Hall–Kier alpha value is -0.810. The van der Waals surface area contributed by atoms with E-state index in [1.165, 1.54) is 12.1 Å². The highest BCUT2D eigenvalue weighted by atomic mass is 79.9. The van der Waals surface area contributed by atoms with E-state index in [-0.39, 0.29) is 5.56 Å². The molecule has 0 amide bonds. The van der Waals surface area contributed by atoms with E-state index in [1.54, 1.807) is 6.07 Å². The minimum atomic E-state index is -4.37. The van der Waals surface area contributed by atoms with Gasteiger partial charge in [-0.15, -0.1) is 6.58 Å². The number of rotatable bonds is 4. The van der Waals surface area contributed by atoms with E-state index in [9.17, 15) is 13.2 Å². The molecule has 1 unspecified atom stereocenters. The molecule has 1 atom stereocenters. The molecule has 0 aliphatic carbocycles. The number of hydrogen-bond acceptors (Lipinski definition) is 1. The zero-order valence-corrected chi connectivity index (χ0v) is 10.9. The Bertz CT molecular complexity index is 401. The van der Waals surface area contributed by atoms with Crippen molar-refractivity contribution in [3.8, 4) is 0 Å². The first kappa shape index (κ1) is 14.3. The standard InChI is InChI=1S/C12H13BrF3N/c1-3-11(17-4-2)9-6-5-8(13)7-10(9)12(14,15)16/h3,5-7,11,17H,1,4H2,2H3. The lowest BCUT2D eigenvalue weighted by Gasteiger charge is -2.19. The number of halogens is 4. The number of likely N-dealkylation sites (N-methyl/N-ethyl adjacent to an activating group) is 1. The molecule has 0 saturated heterocycles. The van der Waals surface area contributed by atoms with Gasteiger partial charge in [0.05, 0.1) is 11.6 Å². The van der Waals surface area contributed by atoms with Crippen molar-refractivity contribution >= 4 is 15.9 Å². The fourth-order valence-electron chi connectivity index (χ4n) is 1.59. The summed E-state index contributed by atoms with van der Waals surface area (Å²) in [4.78, 5) is 0. The number of benzene rings is 1. The molecule has 0 aromatic heterocycles. The summed E-state index contributed by atoms with van der Waals surface area (Å²) in [6.45, 7) is 5.97. The molecule has 5 heteroatoms. The lowest BCUT2D eigenvalue weighted by atomic mass is 10.00. The zero-order valence-electron chi connectivity index (χ0n) is 9.31. The molecule has 17 heavy (non-hydrogen) atoms. The number of alkyl halides is 3. The van der Waals surface area contributed by atoms with Crippen LogP contribution < -0.4 is 5.32 Å². The molecule has 1 rings (SSSR count). The molecule has 0 heterocycles. The molecule has 94 valence electrons. The number of hydrogen-bond donors (Lipinski definition) is 1. The molecule has 1 N–H and O–H groups in total. The molecule has 0 fully saturated rings. The van der Waals surface area contributed by atoms with Crippen molar-refractivity contribution in [3.63, 3.8) is 0 Å². The second-order valence-electron chi connectivity index (χ2n) is 3.50. The van der Waals surface area contributed by atoms with Crippen LogP contribution in [0.3, 0.4) is 0 Å². The van der Waals surface area contributed by atoms with E-state index in [0.29, 0.717) is 11.0 Å². The van der Waals surface area contributed by atoms with Gasteiger partial charge in [-0.3, -0.25) is 0 Å². The van der Waals surface area contributed by atoms with E-state index < -0.39 is 17.8 Å². The number of nitrogens with one attached hydrogen (secondary N) is 1. The first-order valence-electron chi connectivity index (χ1n) is 5.12. The molecule has 0 aliphatic heterocycles. The topological polar surface area (TPSA) is 12.0 Å². The maximum atomic E-state index is 12.9. The molecule has 0 aliphatic rings. The van der Waals surface area contributed by atoms with E-state index >= 15 is 0 Å². The summed E-state index contributed by atoms with van der Waals surface area (Å²) >= 11 is 3.05. The molecule has 1 aromatic rings. The average molecular weight is 308 g/mol. The largest absolute Gasteiger partial charge is 0.416 e. The van der Waals surface area contributed by atoms with Crippen LogP contribution in [0.15, 0.2) is 35.3 Å². The van der Waals surface area contributed by atoms with Crippen LogP contribution >= 0.6 is 15.9 Å². The lowest BCUT2D eigenvalue weighted by Crippen LogP contribution is -2.22. The van der Waals surface area contributed by atoms with Crippen LogP contribution in [0.5, 0.6) is 0 Å². The Kier molecular flexibility index (Phi) is 4.77. The minimum absolute atomic E-state index is 0.192. The molecular formula is C12H13BrF3N. The summed E-state index contributed by atoms with van der Waals surface area (Å²) in [7, 11) is 0. The Labute approximate surface area is 107 Å². The third-order valence-corrected chi connectivity index (χ3v) is 2.81. The van der Waals surface area contributed by atoms with Gasteiger partial charge in [-0.25, -0.2) is 0 Å². The van der Waals surface area contributed by atoms with Gasteiger partial charge in [0.2, 0.25) is 0 Å². The van der Waals surface area contributed by atoms with Crippen molar-refractivity contribution in [1.29, 1.82) is 0 Å². The van der Waals surface area contributed by atoms with Crippen molar-refractivity contribution in [1.82, 2.24) is 5.32 Å². The SMILES string of the molecule is C=CC(NCC)c1ccc(Br)cc1C(F)(F)F. The molecule has 0 saturated carbocycles. The fraction of sp³-hybridized carbons (Fsp3) is 0.333. The van der Waals surface area contributed by atoms with Crippen LogP contribution in [0.4, 0.5) is 13.2 Å². The third-order valence-electron chi connectivity index (χ3n) is 2.32. The quantitative estimate of drug-likeness (QED) is 0.818. The van der Waals surface area contributed by atoms with Crippen molar-refractivity contribution in [2.75, 3.05) is 6.54 Å². The highest BCUT2D eigenvalue weighted by Crippen LogP contribution is 2.36. The van der Waals surface area contributed by atoms with Crippen LogP contribution in [0.2, 0.25) is 0 Å². The van der Waals surface area contributed by atoms with Gasteiger partial charge in [0.1, 0.15) is 0 Å². The summed E-state index contributed by atoms with van der Waals surface area (Å²) in [5.74, 6) is 0. The first-order valence-corrected chi connectivity index (χ1v) is 5.92. The van der Waals surface area contributed by atoms with E-state index in [0.717, 1.165) is 6.07 Å². The van der Waals surface area contributed by atoms with Crippen LogP contribution in [-0.2, 0) is 6.18 Å². The predicted molar refractivity (Wildman–Crippen MR) is 65.8 cm³/mol. The first-order chi connectivity index (χ1) is 7.90. The minimum Gasteiger partial charge on any atom is -0.307 e. The van der Waals surface area contributed by atoms with Gasteiger partial charge in [0.15, 0.2) is 0 Å². The summed E-state index contributed by atoms with van der Waals surface area (Å²) in [5, 5.41) is 2.95. The van der Waals surface area contributed by atoms with E-state index in [4.69, 9.17) is 0 Å². The van der Waals surface area contributed by atoms with Crippen LogP contribution in [-0.4, -0.2) is 6.54 Å². The molecular weight excluding hydrogens is 295 g/mol. The Morgan fingerprint density at radius 1 is 1.47 bits per heavy atom. The molecule has 1 nitrogen and oxygen atoms in total. The van der Waals surface area contributed by atoms with Crippen LogP contribution in [0.25, 0.3) is 0 Å². The van der Waals surface area contributed by atoms with E-state index in [2.05, 4.69) is 27.8 Å². The molecule has 0 spiro atoms. The smallest absolute Gasteiger partial charge is 0.307 e. The van der Waals surface area contributed by atoms with Gasteiger partial charge < -0.3 is 5.32 Å². The summed E-state index contributed by atoms with van der Waals surface area (Å²) in [6.07, 6.45) is -2.89. The third kappa shape index (κ3) is 3.57. The Morgan fingerprint density at radius 3 is 2.59 bits per heavy atom. The Morgan fingerprint density at radius 2 is 2.12 bits per heavy atom. The van der Waals surface area contributed by atoms with E-state index in [1.807, 2.05) is 6.92 Å². The molecule has 0 bridgehead atoms. The second-order valence-corrected chi connectivity index (χ2v) is 4.42. The van der Waals surface area contributed by atoms with Crippen LogP contribution in [0.1, 0.15) is 24.1 Å². The predicted octanol–water partition coefficient (Wildman–Crippen LogP) is 4.30. The maximum absolute atomic E-state index is 12.9. The van der Waals surface area contributed by atoms with Gasteiger partial charge in [-0.05, 0) is 24.2 Å². The fourth-order valence-corrected chi connectivity index (χ4v) is 1.95. The molecule has 0 radical (unpaired) electrons. The lowest BCUT2D eigenvalue weighted by molar-refractivity contribution is -0.138. The summed E-state index contributed by atoms with van der Waals surface area (Å²) < 4.78 is 39.1. The highest BCUT2D eigenvalue weighted by molar-refractivity contribution is 9.10. The van der Waals surface area contributed by atoms with Crippen molar-refractivity contribution < 1.29 is 13.2 Å². The van der Waals surface area contributed by atoms with Gasteiger partial charge in [0, 0.05) is 4.47 Å². The average Bonchev–Trinajstić information content (AvgIpc) is 2.25. The van der Waals surface area contributed by atoms with Gasteiger partial charge >= 0.3 is 6.18 Å². The zero-order chi connectivity index (χ0) is 13.1. The van der Waals surface area contributed by atoms with Gasteiger partial charge in [-0.1, -0.05) is 35.0 Å². The summed E-state index contributed by atoms with van der Waals surface area (Å²) in [6, 6.07) is 3.65. The van der Waals surface area contributed by atoms with Gasteiger partial charge in [-0.2, -0.15) is 13.2 Å². The highest BCUT2D eigenvalue weighted by Gasteiger charge is 2.34. The second kappa shape index (κ2) is 5.69. The van der Waals surface area contributed by atoms with Gasteiger partial charge in [0.25, 0.3) is 0 Å².